The number of hydrogen-bond donors (Lipinski definition) is 0. The first-order valence-electron chi connectivity index (χ1n) is 6.43. The van der Waals surface area contributed by atoms with Crippen LogP contribution in [0.4, 0.5) is 4.39 Å². The van der Waals surface area contributed by atoms with E-state index >= 15 is 0 Å². The fourth-order valence-corrected chi connectivity index (χ4v) is 3.78. The van der Waals surface area contributed by atoms with Crippen LogP contribution in [-0.4, -0.2) is 49.7 Å². The van der Waals surface area contributed by atoms with Gasteiger partial charge in [-0.2, -0.15) is 4.31 Å². The van der Waals surface area contributed by atoms with Crippen LogP contribution in [0.15, 0.2) is 29.2 Å². The van der Waals surface area contributed by atoms with Crippen molar-refractivity contribution in [3.63, 3.8) is 0 Å². The zero-order valence-corrected chi connectivity index (χ0v) is 12.1. The third-order valence-corrected chi connectivity index (χ3v) is 5.29. The molecule has 20 heavy (non-hydrogen) atoms. The summed E-state index contributed by atoms with van der Waals surface area (Å²) in [5.74, 6) is -0.824. The van der Waals surface area contributed by atoms with Crippen molar-refractivity contribution in [2.75, 3.05) is 26.2 Å². The number of nitrogens with zero attached hydrogens (tertiary/aromatic N) is 2. The van der Waals surface area contributed by atoms with Crippen molar-refractivity contribution < 1.29 is 17.6 Å². The summed E-state index contributed by atoms with van der Waals surface area (Å²) in [7, 11) is -3.84. The summed E-state index contributed by atoms with van der Waals surface area (Å²) in [4.78, 5) is 12.6. The Morgan fingerprint density at radius 2 is 1.85 bits per heavy atom. The summed E-state index contributed by atoms with van der Waals surface area (Å²) >= 11 is 0. The third kappa shape index (κ3) is 2.99. The molecule has 1 fully saturated rings. The molecule has 0 atom stereocenters. The molecule has 110 valence electrons. The van der Waals surface area contributed by atoms with Gasteiger partial charge in [-0.3, -0.25) is 4.79 Å². The van der Waals surface area contributed by atoms with Gasteiger partial charge < -0.3 is 4.90 Å². The van der Waals surface area contributed by atoms with Crippen LogP contribution in [0.3, 0.4) is 0 Å². The van der Waals surface area contributed by atoms with Crippen LogP contribution in [0, 0.1) is 5.82 Å². The van der Waals surface area contributed by atoms with E-state index in [4.69, 9.17) is 0 Å². The molecule has 0 N–H and O–H groups in total. The molecular formula is C13H17FN2O3S. The van der Waals surface area contributed by atoms with E-state index in [0.29, 0.717) is 26.1 Å². The second kappa shape index (κ2) is 5.88. The predicted molar refractivity (Wildman–Crippen MR) is 72.0 cm³/mol. The van der Waals surface area contributed by atoms with Crippen molar-refractivity contribution in [1.82, 2.24) is 9.21 Å². The Morgan fingerprint density at radius 3 is 2.50 bits per heavy atom. The van der Waals surface area contributed by atoms with Crippen LogP contribution in [0.2, 0.25) is 0 Å². The highest BCUT2D eigenvalue weighted by atomic mass is 32.2. The zero-order chi connectivity index (χ0) is 14.8. The molecule has 1 amide bonds. The maximum Gasteiger partial charge on any atom is 0.246 e. The highest BCUT2D eigenvalue weighted by molar-refractivity contribution is 7.89. The molecule has 0 aromatic heterocycles. The number of benzene rings is 1. The predicted octanol–water partition coefficient (Wildman–Crippen LogP) is 1.07. The Kier molecular flexibility index (Phi) is 4.39. The molecule has 0 bridgehead atoms. The molecule has 2 rings (SSSR count). The summed E-state index contributed by atoms with van der Waals surface area (Å²) in [6.07, 6.45) is 0.549. The van der Waals surface area contributed by atoms with Crippen molar-refractivity contribution in [2.45, 2.75) is 18.2 Å². The van der Waals surface area contributed by atoms with Crippen LogP contribution in [0.25, 0.3) is 0 Å². The lowest BCUT2D eigenvalue weighted by Gasteiger charge is -2.21. The lowest BCUT2D eigenvalue weighted by molar-refractivity contribution is -0.128. The van der Waals surface area contributed by atoms with E-state index in [1.807, 2.05) is 0 Å². The van der Waals surface area contributed by atoms with Crippen LogP contribution in [0.5, 0.6) is 0 Å². The number of hydrogen-bond acceptors (Lipinski definition) is 3. The van der Waals surface area contributed by atoms with Crippen LogP contribution in [-0.2, 0) is 14.8 Å². The quantitative estimate of drug-likeness (QED) is 0.821. The Balaban J connectivity index is 2.23. The number of amides is 1. The minimum Gasteiger partial charge on any atom is -0.342 e. The number of sulfonamides is 1. The molecule has 7 heteroatoms. The lowest BCUT2D eigenvalue weighted by Crippen LogP contribution is -2.36. The lowest BCUT2D eigenvalue weighted by atomic mass is 10.3. The third-order valence-electron chi connectivity index (χ3n) is 3.35. The number of halogens is 1. The molecule has 0 unspecified atom stereocenters. The molecular weight excluding hydrogens is 283 g/mol. The van der Waals surface area contributed by atoms with Crippen LogP contribution >= 0.6 is 0 Å². The molecule has 1 aromatic rings. The number of rotatable bonds is 2. The molecule has 1 aromatic carbocycles. The summed E-state index contributed by atoms with van der Waals surface area (Å²) in [5, 5.41) is 0. The van der Waals surface area contributed by atoms with Gasteiger partial charge in [-0.05, 0) is 18.6 Å². The van der Waals surface area contributed by atoms with E-state index in [-0.39, 0.29) is 17.3 Å². The average molecular weight is 300 g/mol. The first-order valence-corrected chi connectivity index (χ1v) is 7.87. The number of carbonyl (C=O) groups is 1. The monoisotopic (exact) mass is 300 g/mol. The van der Waals surface area contributed by atoms with Gasteiger partial charge in [-0.1, -0.05) is 12.1 Å². The summed E-state index contributed by atoms with van der Waals surface area (Å²) in [6.45, 7) is 2.80. The molecule has 0 spiro atoms. The normalized spacial score (nSPS) is 17.8. The van der Waals surface area contributed by atoms with Gasteiger partial charge in [0, 0.05) is 33.1 Å². The van der Waals surface area contributed by atoms with E-state index in [2.05, 4.69) is 0 Å². The number of carbonyl (C=O) groups excluding carboxylic acids is 1. The molecule has 0 saturated carbocycles. The Labute approximate surface area is 118 Å². The highest BCUT2D eigenvalue weighted by Crippen LogP contribution is 2.20. The van der Waals surface area contributed by atoms with Crippen molar-refractivity contribution in [3.8, 4) is 0 Å². The van der Waals surface area contributed by atoms with Crippen molar-refractivity contribution in [3.05, 3.63) is 30.1 Å². The van der Waals surface area contributed by atoms with Crippen LogP contribution < -0.4 is 0 Å². The van der Waals surface area contributed by atoms with E-state index < -0.39 is 15.8 Å². The zero-order valence-electron chi connectivity index (χ0n) is 11.3. The van der Waals surface area contributed by atoms with Crippen molar-refractivity contribution >= 4 is 15.9 Å². The minimum atomic E-state index is -3.84. The van der Waals surface area contributed by atoms with E-state index in [1.165, 1.54) is 29.4 Å². The van der Waals surface area contributed by atoms with Gasteiger partial charge in [0.25, 0.3) is 0 Å². The van der Waals surface area contributed by atoms with E-state index in [9.17, 15) is 17.6 Å². The topological polar surface area (TPSA) is 57.7 Å². The molecule has 1 heterocycles. The van der Waals surface area contributed by atoms with E-state index in [0.717, 1.165) is 6.07 Å². The van der Waals surface area contributed by atoms with Gasteiger partial charge in [-0.15, -0.1) is 0 Å². The standard InChI is InChI=1S/C13H17FN2O3S/c1-11(17)15-7-4-8-16(10-9-15)20(18,19)13-6-3-2-5-12(13)14/h2-3,5-6H,4,7-10H2,1H3. The SMILES string of the molecule is CC(=O)N1CCCN(S(=O)(=O)c2ccccc2F)CC1. The smallest absolute Gasteiger partial charge is 0.246 e. The first kappa shape index (κ1) is 14.9. The Morgan fingerprint density at radius 1 is 1.15 bits per heavy atom. The van der Waals surface area contributed by atoms with Crippen LogP contribution in [0.1, 0.15) is 13.3 Å². The molecule has 0 radical (unpaired) electrons. The summed E-state index contributed by atoms with van der Waals surface area (Å²) < 4.78 is 39.8. The largest absolute Gasteiger partial charge is 0.342 e. The van der Waals surface area contributed by atoms with Gasteiger partial charge >= 0.3 is 0 Å². The Bertz CT molecular complexity index is 603. The van der Waals surface area contributed by atoms with Gasteiger partial charge in [0.2, 0.25) is 15.9 Å². The minimum absolute atomic E-state index is 0.0739. The molecule has 0 aliphatic carbocycles. The van der Waals surface area contributed by atoms with E-state index in [1.54, 1.807) is 4.90 Å². The fourth-order valence-electron chi connectivity index (χ4n) is 2.24. The molecule has 5 nitrogen and oxygen atoms in total. The van der Waals surface area contributed by atoms with Gasteiger partial charge in [-0.25, -0.2) is 12.8 Å². The second-order valence-electron chi connectivity index (χ2n) is 4.69. The van der Waals surface area contributed by atoms with Gasteiger partial charge in [0.05, 0.1) is 0 Å². The van der Waals surface area contributed by atoms with Gasteiger partial charge in [0.1, 0.15) is 10.7 Å². The highest BCUT2D eigenvalue weighted by Gasteiger charge is 2.29. The second-order valence-corrected chi connectivity index (χ2v) is 6.60. The fraction of sp³-hybridized carbons (Fsp3) is 0.462. The molecule has 1 aliphatic rings. The first-order chi connectivity index (χ1) is 9.43. The van der Waals surface area contributed by atoms with Crippen molar-refractivity contribution in [1.29, 1.82) is 0 Å². The average Bonchev–Trinajstić information content (AvgIpc) is 2.65. The summed E-state index contributed by atoms with van der Waals surface area (Å²) in [6, 6.07) is 5.34. The molecule has 1 aliphatic heterocycles. The van der Waals surface area contributed by atoms with Crippen molar-refractivity contribution in [2.24, 2.45) is 0 Å². The Hall–Kier alpha value is -1.47. The van der Waals surface area contributed by atoms with Gasteiger partial charge in [0.15, 0.2) is 0 Å². The maximum absolute atomic E-state index is 13.7. The molecule has 1 saturated heterocycles. The maximum atomic E-state index is 13.7. The summed E-state index contributed by atoms with van der Waals surface area (Å²) in [5.41, 5.74) is 0.